The zero-order valence-corrected chi connectivity index (χ0v) is 11.5. The number of nitriles is 1. The van der Waals surface area contributed by atoms with Gasteiger partial charge in [-0.3, -0.25) is 9.69 Å². The molecule has 1 rings (SSSR count). The molecule has 0 bridgehead atoms. The molecule has 1 unspecified atom stereocenters. The number of carbonyl (C=O) groups excluding carboxylic acids is 1. The molecule has 1 heterocycles. The molecule has 0 spiro atoms. The van der Waals surface area contributed by atoms with E-state index < -0.39 is 5.41 Å². The third-order valence-electron chi connectivity index (χ3n) is 3.95. The summed E-state index contributed by atoms with van der Waals surface area (Å²) in [5.41, 5.74) is 5.30. The Morgan fingerprint density at radius 2 is 2.00 bits per heavy atom. The molecule has 1 amide bonds. The summed E-state index contributed by atoms with van der Waals surface area (Å²) < 4.78 is 0. The second kappa shape index (κ2) is 6.72. The van der Waals surface area contributed by atoms with Crippen molar-refractivity contribution in [3.05, 3.63) is 0 Å². The van der Waals surface area contributed by atoms with Crippen LogP contribution in [-0.4, -0.2) is 55.0 Å². The van der Waals surface area contributed by atoms with Crippen LogP contribution >= 0.6 is 0 Å². The third kappa shape index (κ3) is 3.44. The molecule has 0 aromatic rings. The lowest BCUT2D eigenvalue weighted by Gasteiger charge is -2.39. The minimum atomic E-state index is -0.422. The van der Waals surface area contributed by atoms with E-state index in [1.807, 2.05) is 18.7 Å². The minimum Gasteiger partial charge on any atom is -0.340 e. The molecule has 1 atom stereocenters. The first kappa shape index (κ1) is 14.9. The molecule has 102 valence electrons. The molecule has 1 aliphatic heterocycles. The lowest BCUT2D eigenvalue weighted by molar-refractivity contribution is -0.142. The summed E-state index contributed by atoms with van der Waals surface area (Å²) in [4.78, 5) is 16.5. The van der Waals surface area contributed by atoms with E-state index in [1.54, 1.807) is 0 Å². The SMILES string of the molecule is CCC(C)(CN)C(=O)N1CCN(CCC#N)CC1. The van der Waals surface area contributed by atoms with Crippen LogP contribution in [0, 0.1) is 16.7 Å². The Morgan fingerprint density at radius 1 is 1.39 bits per heavy atom. The molecule has 0 aromatic heterocycles. The molecule has 1 saturated heterocycles. The number of hydrogen-bond acceptors (Lipinski definition) is 4. The van der Waals surface area contributed by atoms with Crippen molar-refractivity contribution in [2.24, 2.45) is 11.1 Å². The van der Waals surface area contributed by atoms with Crippen LogP contribution in [0.15, 0.2) is 0 Å². The first-order chi connectivity index (χ1) is 8.57. The van der Waals surface area contributed by atoms with Crippen molar-refractivity contribution in [2.45, 2.75) is 26.7 Å². The van der Waals surface area contributed by atoms with E-state index in [0.717, 1.165) is 39.1 Å². The molecular formula is C13H24N4O. The second-order valence-corrected chi connectivity index (χ2v) is 5.16. The van der Waals surface area contributed by atoms with E-state index in [9.17, 15) is 4.79 Å². The van der Waals surface area contributed by atoms with Crippen LogP contribution in [0.3, 0.4) is 0 Å². The van der Waals surface area contributed by atoms with Gasteiger partial charge in [-0.15, -0.1) is 0 Å². The number of nitrogens with two attached hydrogens (primary N) is 1. The van der Waals surface area contributed by atoms with Gasteiger partial charge in [0.15, 0.2) is 0 Å². The van der Waals surface area contributed by atoms with E-state index in [2.05, 4.69) is 11.0 Å². The first-order valence-electron chi connectivity index (χ1n) is 6.66. The molecule has 1 fully saturated rings. The van der Waals surface area contributed by atoms with Gasteiger partial charge in [0.05, 0.1) is 11.5 Å². The van der Waals surface area contributed by atoms with Crippen LogP contribution < -0.4 is 5.73 Å². The van der Waals surface area contributed by atoms with Gasteiger partial charge in [-0.05, 0) is 13.3 Å². The molecule has 0 aliphatic carbocycles. The average molecular weight is 252 g/mol. The Hall–Kier alpha value is -1.12. The van der Waals surface area contributed by atoms with Crippen molar-refractivity contribution in [1.29, 1.82) is 5.26 Å². The summed E-state index contributed by atoms with van der Waals surface area (Å²) in [6.07, 6.45) is 1.33. The van der Waals surface area contributed by atoms with E-state index in [0.29, 0.717) is 13.0 Å². The molecular weight excluding hydrogens is 228 g/mol. The fraction of sp³-hybridized carbons (Fsp3) is 0.846. The highest BCUT2D eigenvalue weighted by atomic mass is 16.2. The standard InChI is InChI=1S/C13H24N4O/c1-3-13(2,11-15)12(18)17-9-7-16(8-10-17)6-4-5-14/h3-4,6-11,15H2,1-2H3. The normalized spacial score (nSPS) is 20.2. The summed E-state index contributed by atoms with van der Waals surface area (Å²) in [6, 6.07) is 2.15. The van der Waals surface area contributed by atoms with Gasteiger partial charge >= 0.3 is 0 Å². The average Bonchev–Trinajstić information content (AvgIpc) is 2.44. The van der Waals surface area contributed by atoms with Crippen molar-refractivity contribution in [2.75, 3.05) is 39.3 Å². The van der Waals surface area contributed by atoms with Crippen molar-refractivity contribution in [3.63, 3.8) is 0 Å². The molecule has 2 N–H and O–H groups in total. The molecule has 1 aliphatic rings. The van der Waals surface area contributed by atoms with Gasteiger partial charge in [0, 0.05) is 45.7 Å². The molecule has 5 heteroatoms. The van der Waals surface area contributed by atoms with E-state index >= 15 is 0 Å². The third-order valence-corrected chi connectivity index (χ3v) is 3.95. The monoisotopic (exact) mass is 252 g/mol. The van der Waals surface area contributed by atoms with E-state index in [4.69, 9.17) is 11.0 Å². The van der Waals surface area contributed by atoms with Crippen LogP contribution in [0.1, 0.15) is 26.7 Å². The Balaban J connectivity index is 2.48. The number of rotatable bonds is 5. The number of amides is 1. The Labute approximate surface area is 110 Å². The van der Waals surface area contributed by atoms with Gasteiger partial charge < -0.3 is 10.6 Å². The number of carbonyl (C=O) groups is 1. The highest BCUT2D eigenvalue weighted by molar-refractivity contribution is 5.82. The van der Waals surface area contributed by atoms with Gasteiger partial charge in [0.2, 0.25) is 5.91 Å². The smallest absolute Gasteiger partial charge is 0.229 e. The van der Waals surface area contributed by atoms with Gasteiger partial charge in [-0.25, -0.2) is 0 Å². The number of hydrogen-bond donors (Lipinski definition) is 1. The van der Waals surface area contributed by atoms with Crippen molar-refractivity contribution < 1.29 is 4.79 Å². The lowest BCUT2D eigenvalue weighted by atomic mass is 9.86. The molecule has 0 radical (unpaired) electrons. The van der Waals surface area contributed by atoms with Gasteiger partial charge in [-0.1, -0.05) is 6.92 Å². The highest BCUT2D eigenvalue weighted by Crippen LogP contribution is 2.23. The summed E-state index contributed by atoms with van der Waals surface area (Å²) in [7, 11) is 0. The Bertz CT molecular complexity index is 311. The molecule has 0 aromatic carbocycles. The van der Waals surface area contributed by atoms with Crippen LogP contribution in [0.2, 0.25) is 0 Å². The maximum atomic E-state index is 12.4. The van der Waals surface area contributed by atoms with Crippen molar-refractivity contribution in [3.8, 4) is 6.07 Å². The second-order valence-electron chi connectivity index (χ2n) is 5.16. The van der Waals surface area contributed by atoms with Gasteiger partial charge in [0.1, 0.15) is 0 Å². The zero-order chi connectivity index (χ0) is 13.6. The zero-order valence-electron chi connectivity index (χ0n) is 11.5. The first-order valence-corrected chi connectivity index (χ1v) is 6.66. The summed E-state index contributed by atoms with van der Waals surface area (Å²) in [5, 5.41) is 8.55. The molecule has 18 heavy (non-hydrogen) atoms. The van der Waals surface area contributed by atoms with E-state index in [1.165, 1.54) is 0 Å². The molecule has 5 nitrogen and oxygen atoms in total. The minimum absolute atomic E-state index is 0.174. The topological polar surface area (TPSA) is 73.4 Å². The van der Waals surface area contributed by atoms with Gasteiger partial charge in [0.25, 0.3) is 0 Å². The largest absolute Gasteiger partial charge is 0.340 e. The van der Waals surface area contributed by atoms with Crippen molar-refractivity contribution in [1.82, 2.24) is 9.80 Å². The van der Waals surface area contributed by atoms with Crippen LogP contribution in [-0.2, 0) is 4.79 Å². The lowest BCUT2D eigenvalue weighted by Crippen LogP contribution is -2.54. The Morgan fingerprint density at radius 3 is 2.44 bits per heavy atom. The Kier molecular flexibility index (Phi) is 5.57. The van der Waals surface area contributed by atoms with E-state index in [-0.39, 0.29) is 5.91 Å². The van der Waals surface area contributed by atoms with Crippen LogP contribution in [0.5, 0.6) is 0 Å². The van der Waals surface area contributed by atoms with Crippen molar-refractivity contribution >= 4 is 5.91 Å². The number of nitrogens with zero attached hydrogens (tertiary/aromatic N) is 3. The summed E-state index contributed by atoms with van der Waals surface area (Å²) in [5.74, 6) is 0.174. The maximum Gasteiger partial charge on any atom is 0.229 e. The highest BCUT2D eigenvalue weighted by Gasteiger charge is 2.34. The fourth-order valence-electron chi connectivity index (χ4n) is 2.15. The number of piperazine rings is 1. The summed E-state index contributed by atoms with van der Waals surface area (Å²) >= 11 is 0. The predicted molar refractivity (Wildman–Crippen MR) is 70.7 cm³/mol. The predicted octanol–water partition coefficient (Wildman–Crippen LogP) is 0.419. The molecule has 0 saturated carbocycles. The quantitative estimate of drug-likeness (QED) is 0.769. The van der Waals surface area contributed by atoms with Gasteiger partial charge in [-0.2, -0.15) is 5.26 Å². The fourth-order valence-corrected chi connectivity index (χ4v) is 2.15. The maximum absolute atomic E-state index is 12.4. The summed E-state index contributed by atoms with van der Waals surface area (Å²) in [6.45, 7) is 8.37. The van der Waals surface area contributed by atoms with Crippen LogP contribution in [0.25, 0.3) is 0 Å². The van der Waals surface area contributed by atoms with Crippen LogP contribution in [0.4, 0.5) is 0 Å².